The summed E-state index contributed by atoms with van der Waals surface area (Å²) in [5.41, 5.74) is 0.796. The third-order valence-corrected chi connectivity index (χ3v) is 7.49. The molecule has 1 N–H and O–H groups in total. The molecule has 0 unspecified atom stereocenters. The van der Waals surface area contributed by atoms with Gasteiger partial charge in [-0.1, -0.05) is 11.6 Å². The van der Waals surface area contributed by atoms with E-state index in [0.29, 0.717) is 5.02 Å². The molecule has 28 heavy (non-hydrogen) atoms. The molecule has 1 aliphatic rings. The number of methoxy groups -OCH3 is 1. The van der Waals surface area contributed by atoms with E-state index in [4.69, 9.17) is 16.3 Å². The molecule has 4 rings (SSSR count). The highest BCUT2D eigenvalue weighted by Crippen LogP contribution is 2.38. The highest BCUT2D eigenvalue weighted by molar-refractivity contribution is 7.91. The van der Waals surface area contributed by atoms with Crippen LogP contribution >= 0.6 is 11.6 Å². The molecule has 1 saturated carbocycles. The Bertz CT molecular complexity index is 1110. The number of hydrogen-bond donors (Lipinski definition) is 1. The Balaban J connectivity index is 1.45. The standard InChI is InChI=1S/C19H21ClN4O3S/c1-24(19-15-5-6-21-18(15)22-11-23-19)14-7-12(8-14)10-28(25,26)17-4-3-13(20)9-16(17)27-2/h3-6,9,11-12,14H,7-8,10H2,1-2H3,(H,21,22,23). The number of sulfone groups is 1. The van der Waals surface area contributed by atoms with E-state index >= 15 is 0 Å². The van der Waals surface area contributed by atoms with Gasteiger partial charge in [-0.2, -0.15) is 0 Å². The Morgan fingerprint density at radius 1 is 1.29 bits per heavy atom. The van der Waals surface area contributed by atoms with Crippen molar-refractivity contribution in [2.45, 2.75) is 23.8 Å². The molecule has 7 nitrogen and oxygen atoms in total. The minimum atomic E-state index is -3.45. The number of nitrogens with one attached hydrogen (secondary N) is 1. The number of H-pyrrole nitrogens is 1. The van der Waals surface area contributed by atoms with Gasteiger partial charge in [-0.25, -0.2) is 18.4 Å². The number of aromatic nitrogens is 3. The lowest BCUT2D eigenvalue weighted by Crippen LogP contribution is -2.45. The van der Waals surface area contributed by atoms with Crippen molar-refractivity contribution >= 4 is 38.3 Å². The van der Waals surface area contributed by atoms with Crippen LogP contribution in [0.1, 0.15) is 12.8 Å². The largest absolute Gasteiger partial charge is 0.495 e. The summed E-state index contributed by atoms with van der Waals surface area (Å²) in [5, 5.41) is 1.41. The Morgan fingerprint density at radius 3 is 2.82 bits per heavy atom. The van der Waals surface area contributed by atoms with Crippen molar-refractivity contribution < 1.29 is 13.2 Å². The van der Waals surface area contributed by atoms with Crippen LogP contribution in [0, 0.1) is 5.92 Å². The van der Waals surface area contributed by atoms with E-state index in [1.165, 1.54) is 25.6 Å². The SMILES string of the molecule is COc1cc(Cl)ccc1S(=O)(=O)CC1CC(N(C)c2ncnc3[nH]ccc23)C1. The van der Waals surface area contributed by atoms with Gasteiger partial charge in [0.1, 0.15) is 28.4 Å². The molecular weight excluding hydrogens is 400 g/mol. The summed E-state index contributed by atoms with van der Waals surface area (Å²) in [6, 6.07) is 6.83. The molecule has 9 heteroatoms. The molecule has 0 radical (unpaired) electrons. The second-order valence-electron chi connectivity index (χ2n) is 7.12. The van der Waals surface area contributed by atoms with E-state index in [1.807, 2.05) is 19.3 Å². The Hall–Kier alpha value is -2.32. The summed E-state index contributed by atoms with van der Waals surface area (Å²) in [6.07, 6.45) is 4.97. The van der Waals surface area contributed by atoms with Gasteiger partial charge in [-0.3, -0.25) is 0 Å². The van der Waals surface area contributed by atoms with E-state index < -0.39 is 9.84 Å². The molecule has 1 aromatic carbocycles. The van der Waals surface area contributed by atoms with Gasteiger partial charge in [0.2, 0.25) is 0 Å². The van der Waals surface area contributed by atoms with E-state index in [2.05, 4.69) is 19.9 Å². The van der Waals surface area contributed by atoms with Crippen molar-refractivity contribution in [3.8, 4) is 5.75 Å². The van der Waals surface area contributed by atoms with Gasteiger partial charge < -0.3 is 14.6 Å². The fourth-order valence-corrected chi connectivity index (χ4v) is 5.72. The van der Waals surface area contributed by atoms with Crippen molar-refractivity contribution in [3.05, 3.63) is 41.8 Å². The first-order valence-electron chi connectivity index (χ1n) is 8.96. The lowest BCUT2D eigenvalue weighted by molar-refractivity contribution is 0.282. The third-order valence-electron chi connectivity index (χ3n) is 5.34. The van der Waals surface area contributed by atoms with Crippen LogP contribution < -0.4 is 9.64 Å². The van der Waals surface area contributed by atoms with Crippen molar-refractivity contribution in [1.82, 2.24) is 15.0 Å². The maximum atomic E-state index is 12.9. The van der Waals surface area contributed by atoms with Gasteiger partial charge in [-0.15, -0.1) is 0 Å². The highest BCUT2D eigenvalue weighted by Gasteiger charge is 2.37. The zero-order valence-corrected chi connectivity index (χ0v) is 17.2. The summed E-state index contributed by atoms with van der Waals surface area (Å²) >= 11 is 5.94. The molecule has 0 saturated heterocycles. The molecule has 1 aliphatic carbocycles. The molecule has 1 fully saturated rings. The molecule has 0 spiro atoms. The van der Waals surface area contributed by atoms with E-state index in [9.17, 15) is 8.42 Å². The molecular formula is C19H21ClN4O3S. The summed E-state index contributed by atoms with van der Waals surface area (Å²) < 4.78 is 30.9. The highest BCUT2D eigenvalue weighted by atomic mass is 35.5. The first kappa shape index (κ1) is 19.0. The number of aromatic amines is 1. The molecule has 2 heterocycles. The van der Waals surface area contributed by atoms with Crippen LogP contribution in [0.25, 0.3) is 11.0 Å². The topological polar surface area (TPSA) is 88.2 Å². The molecule has 0 atom stereocenters. The normalized spacial score (nSPS) is 19.4. The monoisotopic (exact) mass is 420 g/mol. The van der Waals surface area contributed by atoms with Crippen LogP contribution in [0.4, 0.5) is 5.82 Å². The van der Waals surface area contributed by atoms with Crippen molar-refractivity contribution in [3.63, 3.8) is 0 Å². The predicted octanol–water partition coefficient (Wildman–Crippen LogP) is 3.31. The summed E-state index contributed by atoms with van der Waals surface area (Å²) in [7, 11) is -0.0128. The average molecular weight is 421 g/mol. The van der Waals surface area contributed by atoms with Crippen LogP contribution in [0.3, 0.4) is 0 Å². The lowest BCUT2D eigenvalue weighted by atomic mass is 9.81. The number of anilines is 1. The van der Waals surface area contributed by atoms with Crippen LogP contribution in [0.15, 0.2) is 41.7 Å². The first-order valence-corrected chi connectivity index (χ1v) is 11.0. The zero-order chi connectivity index (χ0) is 19.9. The van der Waals surface area contributed by atoms with Crippen LogP contribution in [-0.2, 0) is 9.84 Å². The summed E-state index contributed by atoms with van der Waals surface area (Å²) in [6.45, 7) is 0. The summed E-state index contributed by atoms with van der Waals surface area (Å²) in [5.74, 6) is 1.34. The number of nitrogens with zero attached hydrogens (tertiary/aromatic N) is 3. The zero-order valence-electron chi connectivity index (χ0n) is 15.6. The molecule has 2 aromatic heterocycles. The Labute approximate surface area is 168 Å². The van der Waals surface area contributed by atoms with E-state index in [1.54, 1.807) is 6.07 Å². The van der Waals surface area contributed by atoms with Gasteiger partial charge in [0, 0.05) is 30.4 Å². The van der Waals surface area contributed by atoms with Gasteiger partial charge >= 0.3 is 0 Å². The quantitative estimate of drug-likeness (QED) is 0.658. The van der Waals surface area contributed by atoms with Crippen LogP contribution in [0.2, 0.25) is 5.02 Å². The first-order chi connectivity index (χ1) is 13.4. The molecule has 148 valence electrons. The van der Waals surface area contributed by atoms with Crippen molar-refractivity contribution in [2.24, 2.45) is 5.92 Å². The number of rotatable bonds is 6. The number of hydrogen-bond acceptors (Lipinski definition) is 6. The lowest BCUT2D eigenvalue weighted by Gasteiger charge is -2.41. The van der Waals surface area contributed by atoms with E-state index in [0.717, 1.165) is 29.7 Å². The minimum Gasteiger partial charge on any atom is -0.495 e. The van der Waals surface area contributed by atoms with Crippen molar-refractivity contribution in [2.75, 3.05) is 24.8 Å². The second kappa shape index (κ2) is 7.25. The molecule has 0 bridgehead atoms. The Morgan fingerprint density at radius 2 is 2.07 bits per heavy atom. The Kier molecular flexibility index (Phi) is 4.93. The van der Waals surface area contributed by atoms with Crippen LogP contribution in [-0.4, -0.2) is 49.3 Å². The molecule has 0 amide bonds. The molecule has 3 aromatic rings. The predicted molar refractivity (Wildman–Crippen MR) is 109 cm³/mol. The fourth-order valence-electron chi connectivity index (χ4n) is 3.76. The van der Waals surface area contributed by atoms with Gasteiger partial charge in [0.05, 0.1) is 18.2 Å². The number of halogens is 1. The number of benzene rings is 1. The average Bonchev–Trinajstić information content (AvgIpc) is 3.12. The number of ether oxygens (including phenoxy) is 1. The maximum absolute atomic E-state index is 12.9. The maximum Gasteiger partial charge on any atom is 0.182 e. The van der Waals surface area contributed by atoms with Gasteiger partial charge in [0.15, 0.2) is 9.84 Å². The second-order valence-corrected chi connectivity index (χ2v) is 9.56. The minimum absolute atomic E-state index is 0.0959. The van der Waals surface area contributed by atoms with Gasteiger partial charge in [0.25, 0.3) is 0 Å². The van der Waals surface area contributed by atoms with Crippen molar-refractivity contribution in [1.29, 1.82) is 0 Å². The smallest absolute Gasteiger partial charge is 0.182 e. The van der Waals surface area contributed by atoms with Gasteiger partial charge in [-0.05, 0) is 37.0 Å². The van der Waals surface area contributed by atoms with Crippen LogP contribution in [0.5, 0.6) is 5.75 Å². The fraction of sp³-hybridized carbons (Fsp3) is 0.368. The third kappa shape index (κ3) is 3.42. The molecule has 0 aliphatic heterocycles. The summed E-state index contributed by atoms with van der Waals surface area (Å²) in [4.78, 5) is 14.0. The van der Waals surface area contributed by atoms with E-state index in [-0.39, 0.29) is 28.4 Å². The number of fused-ring (bicyclic) bond motifs is 1.